The van der Waals surface area contributed by atoms with Crippen molar-refractivity contribution in [1.82, 2.24) is 10.6 Å². The molecule has 0 heterocycles. The number of halogens is 1. The number of nitrogens with one attached hydrogen (secondary N) is 2. The first-order chi connectivity index (χ1) is 8.99. The molecule has 0 aliphatic heterocycles. The number of benzene rings is 1. The molecule has 1 aromatic rings. The van der Waals surface area contributed by atoms with E-state index in [1.54, 1.807) is 6.07 Å². The van der Waals surface area contributed by atoms with Gasteiger partial charge in [-0.1, -0.05) is 26.0 Å². The van der Waals surface area contributed by atoms with Crippen LogP contribution in [0.15, 0.2) is 24.3 Å². The molecule has 0 unspecified atom stereocenters. The zero-order valence-corrected chi connectivity index (χ0v) is 11.9. The lowest BCUT2D eigenvalue weighted by Gasteiger charge is -2.14. The molecule has 0 fully saturated rings. The summed E-state index contributed by atoms with van der Waals surface area (Å²) in [6.07, 6.45) is 1.29. The molecule has 0 aliphatic carbocycles. The molecule has 2 N–H and O–H groups in total. The topological polar surface area (TPSA) is 41.1 Å². The Morgan fingerprint density at radius 2 is 2.05 bits per heavy atom. The van der Waals surface area contributed by atoms with Gasteiger partial charge in [-0.25, -0.2) is 4.39 Å². The Morgan fingerprint density at radius 1 is 1.32 bits per heavy atom. The average Bonchev–Trinajstić information content (AvgIpc) is 2.34. The van der Waals surface area contributed by atoms with Crippen LogP contribution in [-0.4, -0.2) is 18.5 Å². The van der Waals surface area contributed by atoms with Gasteiger partial charge in [0.25, 0.3) is 0 Å². The fourth-order valence-corrected chi connectivity index (χ4v) is 1.81. The number of carbonyl (C=O) groups is 1. The van der Waals surface area contributed by atoms with Crippen molar-refractivity contribution in [3.05, 3.63) is 35.6 Å². The van der Waals surface area contributed by atoms with Crippen molar-refractivity contribution in [2.45, 2.75) is 45.7 Å². The number of rotatable bonds is 7. The average molecular weight is 266 g/mol. The zero-order valence-electron chi connectivity index (χ0n) is 11.9. The third-order valence-electron chi connectivity index (χ3n) is 2.86. The third kappa shape index (κ3) is 6.34. The monoisotopic (exact) mass is 266 g/mol. The Kier molecular flexibility index (Phi) is 6.50. The van der Waals surface area contributed by atoms with Crippen LogP contribution in [0.1, 0.15) is 45.2 Å². The summed E-state index contributed by atoms with van der Waals surface area (Å²) in [5.74, 6) is -0.276. The minimum atomic E-state index is -0.278. The first-order valence-electron chi connectivity index (χ1n) is 6.77. The molecule has 0 radical (unpaired) electrons. The summed E-state index contributed by atoms with van der Waals surface area (Å²) in [6.45, 7) is 6.84. The molecule has 1 aromatic carbocycles. The van der Waals surface area contributed by atoms with E-state index in [2.05, 4.69) is 24.5 Å². The fourth-order valence-electron chi connectivity index (χ4n) is 1.81. The molecule has 0 bridgehead atoms. The molecule has 19 heavy (non-hydrogen) atoms. The van der Waals surface area contributed by atoms with Gasteiger partial charge in [-0.15, -0.1) is 0 Å². The number of hydrogen-bond acceptors (Lipinski definition) is 2. The summed E-state index contributed by atoms with van der Waals surface area (Å²) in [7, 11) is 0. The first kappa shape index (κ1) is 15.6. The maximum Gasteiger partial charge on any atom is 0.220 e. The van der Waals surface area contributed by atoms with E-state index >= 15 is 0 Å². The molecule has 0 saturated heterocycles. The van der Waals surface area contributed by atoms with Gasteiger partial charge in [0.1, 0.15) is 5.82 Å². The molecule has 0 aliphatic rings. The zero-order chi connectivity index (χ0) is 14.3. The fraction of sp³-hybridized carbons (Fsp3) is 0.533. The standard InChI is InChI=1S/C15H23FN2O/c1-11(2)17-9-5-8-15(19)18-12(3)13-6-4-7-14(16)10-13/h4,6-7,10-12,17H,5,8-9H2,1-3H3,(H,18,19)/t12-/m1/s1. The van der Waals surface area contributed by atoms with Gasteiger partial charge in [-0.05, 0) is 37.6 Å². The summed E-state index contributed by atoms with van der Waals surface area (Å²) in [4.78, 5) is 11.7. The minimum Gasteiger partial charge on any atom is -0.350 e. The van der Waals surface area contributed by atoms with Crippen molar-refractivity contribution in [3.63, 3.8) is 0 Å². The molecule has 1 rings (SSSR count). The van der Waals surface area contributed by atoms with Crippen molar-refractivity contribution in [2.75, 3.05) is 6.54 Å². The van der Waals surface area contributed by atoms with Crippen LogP contribution in [0.5, 0.6) is 0 Å². The van der Waals surface area contributed by atoms with Crippen molar-refractivity contribution >= 4 is 5.91 Å². The second-order valence-electron chi connectivity index (χ2n) is 5.06. The quantitative estimate of drug-likeness (QED) is 0.745. The van der Waals surface area contributed by atoms with E-state index in [9.17, 15) is 9.18 Å². The van der Waals surface area contributed by atoms with Gasteiger partial charge in [0.15, 0.2) is 0 Å². The molecule has 0 spiro atoms. The van der Waals surface area contributed by atoms with E-state index in [1.807, 2.05) is 13.0 Å². The van der Waals surface area contributed by atoms with Crippen molar-refractivity contribution in [3.8, 4) is 0 Å². The van der Waals surface area contributed by atoms with Crippen LogP contribution in [0.4, 0.5) is 4.39 Å². The molecule has 3 nitrogen and oxygen atoms in total. The Morgan fingerprint density at radius 3 is 2.68 bits per heavy atom. The van der Waals surface area contributed by atoms with Gasteiger partial charge >= 0.3 is 0 Å². The van der Waals surface area contributed by atoms with Gasteiger partial charge in [0, 0.05) is 12.5 Å². The van der Waals surface area contributed by atoms with E-state index in [4.69, 9.17) is 0 Å². The second-order valence-corrected chi connectivity index (χ2v) is 5.06. The largest absolute Gasteiger partial charge is 0.350 e. The summed E-state index contributed by atoms with van der Waals surface area (Å²) in [5, 5.41) is 6.14. The molecular weight excluding hydrogens is 243 g/mol. The van der Waals surface area contributed by atoms with Gasteiger partial charge in [0.2, 0.25) is 5.91 Å². The Hall–Kier alpha value is -1.42. The van der Waals surface area contributed by atoms with E-state index in [-0.39, 0.29) is 17.8 Å². The molecule has 4 heteroatoms. The SMILES string of the molecule is CC(C)NCCCC(=O)N[C@H](C)c1cccc(F)c1. The highest BCUT2D eigenvalue weighted by atomic mass is 19.1. The highest BCUT2D eigenvalue weighted by molar-refractivity contribution is 5.76. The summed E-state index contributed by atoms with van der Waals surface area (Å²) < 4.78 is 13.1. The van der Waals surface area contributed by atoms with Gasteiger partial charge in [-0.2, -0.15) is 0 Å². The van der Waals surface area contributed by atoms with Crippen LogP contribution in [0.25, 0.3) is 0 Å². The highest BCUT2D eigenvalue weighted by Crippen LogP contribution is 2.13. The van der Waals surface area contributed by atoms with Crippen LogP contribution in [0, 0.1) is 5.82 Å². The summed E-state index contributed by atoms with van der Waals surface area (Å²) >= 11 is 0. The number of carbonyl (C=O) groups excluding carboxylic acids is 1. The van der Waals surface area contributed by atoms with Crippen molar-refractivity contribution < 1.29 is 9.18 Å². The maximum atomic E-state index is 13.1. The minimum absolute atomic E-state index is 0.00215. The third-order valence-corrected chi connectivity index (χ3v) is 2.86. The number of amides is 1. The van der Waals surface area contributed by atoms with E-state index in [0.29, 0.717) is 12.5 Å². The van der Waals surface area contributed by atoms with Crippen LogP contribution >= 0.6 is 0 Å². The van der Waals surface area contributed by atoms with E-state index in [0.717, 1.165) is 18.5 Å². The maximum absolute atomic E-state index is 13.1. The highest BCUT2D eigenvalue weighted by Gasteiger charge is 2.09. The van der Waals surface area contributed by atoms with Crippen molar-refractivity contribution in [1.29, 1.82) is 0 Å². The van der Waals surface area contributed by atoms with Crippen LogP contribution < -0.4 is 10.6 Å². The predicted octanol–water partition coefficient (Wildman–Crippen LogP) is 2.78. The second kappa shape index (κ2) is 7.89. The lowest BCUT2D eigenvalue weighted by Crippen LogP contribution is -2.28. The van der Waals surface area contributed by atoms with E-state index in [1.165, 1.54) is 12.1 Å². The Bertz CT molecular complexity index is 407. The smallest absolute Gasteiger partial charge is 0.220 e. The predicted molar refractivity (Wildman–Crippen MR) is 75.3 cm³/mol. The van der Waals surface area contributed by atoms with Gasteiger partial charge in [0.05, 0.1) is 6.04 Å². The van der Waals surface area contributed by atoms with Crippen molar-refractivity contribution in [2.24, 2.45) is 0 Å². The molecule has 0 aromatic heterocycles. The first-order valence-corrected chi connectivity index (χ1v) is 6.77. The van der Waals surface area contributed by atoms with Crippen LogP contribution in [0.2, 0.25) is 0 Å². The molecule has 106 valence electrons. The Labute approximate surface area is 114 Å². The normalized spacial score (nSPS) is 12.5. The Balaban J connectivity index is 2.32. The molecular formula is C15H23FN2O. The van der Waals surface area contributed by atoms with Crippen LogP contribution in [-0.2, 0) is 4.79 Å². The summed E-state index contributed by atoms with van der Waals surface area (Å²) in [6, 6.07) is 6.59. The van der Waals surface area contributed by atoms with E-state index < -0.39 is 0 Å². The molecule has 1 atom stereocenters. The van der Waals surface area contributed by atoms with Crippen LogP contribution in [0.3, 0.4) is 0 Å². The van der Waals surface area contributed by atoms with Gasteiger partial charge in [-0.3, -0.25) is 4.79 Å². The lowest BCUT2D eigenvalue weighted by molar-refractivity contribution is -0.121. The van der Waals surface area contributed by atoms with Gasteiger partial charge < -0.3 is 10.6 Å². The summed E-state index contributed by atoms with van der Waals surface area (Å²) in [5.41, 5.74) is 0.786. The molecule has 0 saturated carbocycles. The number of hydrogen-bond donors (Lipinski definition) is 2. The molecule has 1 amide bonds. The lowest BCUT2D eigenvalue weighted by atomic mass is 10.1.